The number of hydrogen-bond acceptors (Lipinski definition) is 3. The van der Waals surface area contributed by atoms with Gasteiger partial charge in [-0.2, -0.15) is 0 Å². The van der Waals surface area contributed by atoms with Gasteiger partial charge in [-0.05, 0) is 80.6 Å². The summed E-state index contributed by atoms with van der Waals surface area (Å²) in [5.74, 6) is 0.452. The fraction of sp³-hybridized carbons (Fsp3) is 0.367. The average Bonchev–Trinajstić information content (AvgIpc) is 3.04. The van der Waals surface area contributed by atoms with E-state index in [9.17, 15) is 0 Å². The Labute approximate surface area is 205 Å². The molecule has 0 fully saturated rings. The van der Waals surface area contributed by atoms with Gasteiger partial charge in [0.1, 0.15) is 0 Å². The molecule has 176 valence electrons. The summed E-state index contributed by atoms with van der Waals surface area (Å²) in [5, 5.41) is 0. The van der Waals surface area contributed by atoms with Crippen LogP contribution in [0.3, 0.4) is 0 Å². The normalized spacial score (nSPS) is 15.9. The van der Waals surface area contributed by atoms with Crippen molar-refractivity contribution in [1.29, 1.82) is 0 Å². The van der Waals surface area contributed by atoms with Crippen LogP contribution in [-0.2, 0) is 15.7 Å². The van der Waals surface area contributed by atoms with E-state index in [1.54, 1.807) is 0 Å². The fourth-order valence-electron chi connectivity index (χ4n) is 4.51. The quantitative estimate of drug-likeness (QED) is 0.331. The van der Waals surface area contributed by atoms with Crippen LogP contribution in [0.1, 0.15) is 69.6 Å². The summed E-state index contributed by atoms with van der Waals surface area (Å²) in [6.07, 6.45) is 3.97. The second-order valence-electron chi connectivity index (χ2n) is 9.69. The first-order valence-electron chi connectivity index (χ1n) is 12.6. The Kier molecular flexibility index (Phi) is 8.02. The minimum atomic E-state index is -0.385. The molecule has 4 heteroatoms. The summed E-state index contributed by atoms with van der Waals surface area (Å²) >= 11 is 0. The molecule has 0 spiro atoms. The lowest BCUT2D eigenvalue weighted by molar-refractivity contribution is 0.0706. The van der Waals surface area contributed by atoms with Gasteiger partial charge in [0.25, 0.3) is 0 Å². The van der Waals surface area contributed by atoms with Gasteiger partial charge in [-0.3, -0.25) is 4.99 Å². The first kappa shape index (κ1) is 24.4. The Morgan fingerprint density at radius 3 is 2.47 bits per heavy atom. The number of nitrogens with zero attached hydrogens (tertiary/aromatic N) is 1. The van der Waals surface area contributed by atoms with E-state index in [1.807, 2.05) is 6.92 Å². The molecule has 3 aromatic rings. The summed E-state index contributed by atoms with van der Waals surface area (Å²) in [6, 6.07) is 28.0. The van der Waals surface area contributed by atoms with Gasteiger partial charge >= 0.3 is 7.12 Å². The molecule has 1 aliphatic rings. The monoisotopic (exact) mass is 453 g/mol. The van der Waals surface area contributed by atoms with Gasteiger partial charge in [0.2, 0.25) is 0 Å². The minimum Gasteiger partial charge on any atom is -0.408 e. The molecule has 0 bridgehead atoms. The second kappa shape index (κ2) is 11.2. The van der Waals surface area contributed by atoms with Gasteiger partial charge in [0.05, 0.1) is 5.69 Å². The van der Waals surface area contributed by atoms with Crippen LogP contribution in [0.5, 0.6) is 0 Å². The molecule has 3 aromatic carbocycles. The van der Waals surface area contributed by atoms with E-state index in [1.165, 1.54) is 11.1 Å². The highest BCUT2D eigenvalue weighted by Gasteiger charge is 2.29. The Hall–Kier alpha value is -2.69. The SMILES string of the molecule is CCOB(OC(C)(C)CC)c1cccc(C2=Nc3ccccc3C(Cc3ccccc3)CC2)c1. The number of para-hydroxylation sites is 1. The van der Waals surface area contributed by atoms with Gasteiger partial charge in [0, 0.05) is 17.9 Å². The highest BCUT2D eigenvalue weighted by molar-refractivity contribution is 6.61. The van der Waals surface area contributed by atoms with Gasteiger partial charge in [-0.25, -0.2) is 0 Å². The second-order valence-corrected chi connectivity index (χ2v) is 9.69. The maximum absolute atomic E-state index is 6.36. The van der Waals surface area contributed by atoms with Crippen LogP contribution >= 0.6 is 0 Å². The highest BCUT2D eigenvalue weighted by Crippen LogP contribution is 2.36. The summed E-state index contributed by atoms with van der Waals surface area (Å²) in [4.78, 5) is 5.17. The number of aliphatic imine (C=N–C) groups is 1. The van der Waals surface area contributed by atoms with Gasteiger partial charge < -0.3 is 9.31 Å². The number of benzene rings is 3. The predicted molar refractivity (Wildman–Crippen MR) is 144 cm³/mol. The molecule has 0 N–H and O–H groups in total. The summed E-state index contributed by atoms with van der Waals surface area (Å²) in [5.41, 5.74) is 6.89. The third-order valence-electron chi connectivity index (χ3n) is 6.77. The van der Waals surface area contributed by atoms with Crippen LogP contribution in [0.4, 0.5) is 5.69 Å². The van der Waals surface area contributed by atoms with Crippen LogP contribution in [-0.4, -0.2) is 25.0 Å². The molecule has 1 heterocycles. The van der Waals surface area contributed by atoms with Crippen molar-refractivity contribution in [2.24, 2.45) is 4.99 Å². The van der Waals surface area contributed by atoms with Crippen molar-refractivity contribution in [3.05, 3.63) is 95.6 Å². The van der Waals surface area contributed by atoms with Crippen molar-refractivity contribution in [2.75, 3.05) is 6.61 Å². The smallest absolute Gasteiger partial charge is 0.408 e. The van der Waals surface area contributed by atoms with Crippen molar-refractivity contribution in [3.63, 3.8) is 0 Å². The molecule has 0 aromatic heterocycles. The van der Waals surface area contributed by atoms with Crippen LogP contribution < -0.4 is 5.46 Å². The fourth-order valence-corrected chi connectivity index (χ4v) is 4.51. The van der Waals surface area contributed by atoms with Crippen molar-refractivity contribution in [1.82, 2.24) is 0 Å². The third kappa shape index (κ3) is 6.05. The first-order valence-corrected chi connectivity index (χ1v) is 12.6. The van der Waals surface area contributed by atoms with Crippen LogP contribution in [0.25, 0.3) is 0 Å². The molecular weight excluding hydrogens is 417 g/mol. The van der Waals surface area contributed by atoms with E-state index in [4.69, 9.17) is 14.3 Å². The first-order chi connectivity index (χ1) is 16.5. The Morgan fingerprint density at radius 2 is 1.71 bits per heavy atom. The maximum Gasteiger partial charge on any atom is 0.494 e. The molecule has 1 atom stereocenters. The summed E-state index contributed by atoms with van der Waals surface area (Å²) in [7, 11) is -0.385. The molecule has 1 unspecified atom stereocenters. The van der Waals surface area contributed by atoms with E-state index in [2.05, 4.69) is 99.6 Å². The largest absolute Gasteiger partial charge is 0.494 e. The molecule has 4 rings (SSSR count). The lowest BCUT2D eigenvalue weighted by Crippen LogP contribution is -2.44. The Morgan fingerprint density at radius 1 is 0.941 bits per heavy atom. The highest BCUT2D eigenvalue weighted by atomic mass is 16.6. The molecule has 0 saturated carbocycles. The topological polar surface area (TPSA) is 30.8 Å². The molecule has 0 saturated heterocycles. The van der Waals surface area contributed by atoms with Crippen molar-refractivity contribution in [3.8, 4) is 0 Å². The van der Waals surface area contributed by atoms with E-state index in [-0.39, 0.29) is 12.7 Å². The third-order valence-corrected chi connectivity index (χ3v) is 6.77. The molecule has 0 aliphatic carbocycles. The van der Waals surface area contributed by atoms with Crippen LogP contribution in [0.2, 0.25) is 0 Å². The zero-order chi connectivity index (χ0) is 24.0. The van der Waals surface area contributed by atoms with Crippen molar-refractivity contribution < 1.29 is 9.31 Å². The van der Waals surface area contributed by atoms with E-state index in [0.29, 0.717) is 12.5 Å². The Balaban J connectivity index is 1.62. The van der Waals surface area contributed by atoms with Crippen molar-refractivity contribution in [2.45, 2.75) is 64.9 Å². The standard InChI is InChI=1S/C30H36BNO2/c1-5-30(3,4)34-31(33-6-2)26-16-12-15-25(22-26)28-20-19-24(21-23-13-8-7-9-14-23)27-17-10-11-18-29(27)32-28/h7-18,22,24H,5-6,19-21H2,1-4H3. The molecule has 0 radical (unpaired) electrons. The summed E-state index contributed by atoms with van der Waals surface area (Å²) in [6.45, 7) is 8.98. The minimum absolute atomic E-state index is 0.251. The van der Waals surface area contributed by atoms with Gasteiger partial charge in [-0.1, -0.05) is 79.7 Å². The number of fused-ring (bicyclic) bond motifs is 1. The maximum atomic E-state index is 6.36. The van der Waals surface area contributed by atoms with Crippen LogP contribution in [0.15, 0.2) is 83.9 Å². The molecule has 3 nitrogen and oxygen atoms in total. The number of hydrogen-bond donors (Lipinski definition) is 0. The van der Waals surface area contributed by atoms with Gasteiger partial charge in [-0.15, -0.1) is 0 Å². The predicted octanol–water partition coefficient (Wildman–Crippen LogP) is 6.86. The molecule has 1 aliphatic heterocycles. The molecular formula is C30H36BNO2. The zero-order valence-corrected chi connectivity index (χ0v) is 21.0. The van der Waals surface area contributed by atoms with E-state index in [0.717, 1.165) is 48.1 Å². The van der Waals surface area contributed by atoms with Crippen molar-refractivity contribution >= 4 is 24.0 Å². The van der Waals surface area contributed by atoms with E-state index < -0.39 is 0 Å². The average molecular weight is 453 g/mol. The molecule has 34 heavy (non-hydrogen) atoms. The van der Waals surface area contributed by atoms with Crippen LogP contribution in [0, 0.1) is 0 Å². The zero-order valence-electron chi connectivity index (χ0n) is 21.0. The lowest BCUT2D eigenvalue weighted by atomic mass is 9.76. The molecule has 0 amide bonds. The van der Waals surface area contributed by atoms with Gasteiger partial charge in [0.15, 0.2) is 0 Å². The number of rotatable bonds is 9. The summed E-state index contributed by atoms with van der Waals surface area (Å²) < 4.78 is 12.4. The Bertz CT molecular complexity index is 1110. The van der Waals surface area contributed by atoms with E-state index >= 15 is 0 Å². The lowest BCUT2D eigenvalue weighted by Gasteiger charge is -2.28.